The van der Waals surface area contributed by atoms with Crippen molar-refractivity contribution < 1.29 is 9.53 Å². The molecular formula is C18H17N5O2S. The molecule has 4 heterocycles. The van der Waals surface area contributed by atoms with Crippen molar-refractivity contribution in [2.45, 2.75) is 13.0 Å². The van der Waals surface area contributed by atoms with E-state index < -0.39 is 0 Å². The molecule has 132 valence electrons. The predicted octanol–water partition coefficient (Wildman–Crippen LogP) is 3.78. The van der Waals surface area contributed by atoms with Crippen LogP contribution in [0.2, 0.25) is 0 Å². The molecule has 1 N–H and O–H groups in total. The highest BCUT2D eigenvalue weighted by Gasteiger charge is 2.33. The number of anilines is 2. The average molecular weight is 367 g/mol. The Hall–Kier alpha value is -3.00. The molecule has 1 aliphatic heterocycles. The number of aryl methyl sites for hydroxylation is 1. The van der Waals surface area contributed by atoms with Crippen LogP contribution in [0.1, 0.15) is 16.6 Å². The maximum Gasteiger partial charge on any atom is 0.410 e. The highest BCUT2D eigenvalue weighted by molar-refractivity contribution is 7.15. The molecule has 1 fully saturated rings. The van der Waals surface area contributed by atoms with Gasteiger partial charge in [0.25, 0.3) is 0 Å². The third-order valence-electron chi connectivity index (χ3n) is 4.10. The van der Waals surface area contributed by atoms with E-state index in [1.165, 1.54) is 11.3 Å². The lowest BCUT2D eigenvalue weighted by atomic mass is 10.3. The van der Waals surface area contributed by atoms with Crippen LogP contribution in [0.15, 0.2) is 42.7 Å². The number of carbonyl (C=O) groups excluding carboxylic acids is 1. The molecule has 1 saturated heterocycles. The predicted molar refractivity (Wildman–Crippen MR) is 99.5 cm³/mol. The Labute approximate surface area is 154 Å². The van der Waals surface area contributed by atoms with Crippen molar-refractivity contribution in [2.24, 2.45) is 0 Å². The van der Waals surface area contributed by atoms with Crippen molar-refractivity contribution in [3.05, 3.63) is 53.3 Å². The number of aromatic nitrogens is 3. The minimum atomic E-state index is -0.318. The molecule has 8 heteroatoms. The van der Waals surface area contributed by atoms with Gasteiger partial charge in [-0.2, -0.15) is 0 Å². The average Bonchev–Trinajstić information content (AvgIpc) is 3.23. The number of ether oxygens (including phenoxy) is 1. The van der Waals surface area contributed by atoms with Crippen LogP contribution in [0, 0.1) is 6.92 Å². The van der Waals surface area contributed by atoms with E-state index in [0.29, 0.717) is 12.4 Å². The summed E-state index contributed by atoms with van der Waals surface area (Å²) in [7, 11) is 1.72. The van der Waals surface area contributed by atoms with Crippen molar-refractivity contribution >= 4 is 29.1 Å². The van der Waals surface area contributed by atoms with Gasteiger partial charge in [0.2, 0.25) is 0 Å². The third-order valence-corrected chi connectivity index (χ3v) is 5.22. The third kappa shape index (κ3) is 3.23. The second-order valence-corrected chi connectivity index (χ2v) is 7.08. The number of carbonyl (C=O) groups is 1. The van der Waals surface area contributed by atoms with Crippen LogP contribution < -0.4 is 5.32 Å². The molecule has 1 atom stereocenters. The standard InChI is InChI=1S/C18H17N5O2S/c1-11-6-7-19-16(8-11)22-15-5-3-4-12(21-15)14-9-20-17(26-14)13-10-25-18(24)23(13)2/h3-9,13H,10H2,1-2H3,(H,19,21,22). The van der Waals surface area contributed by atoms with Crippen molar-refractivity contribution in [1.29, 1.82) is 0 Å². The van der Waals surface area contributed by atoms with Gasteiger partial charge in [-0.3, -0.25) is 4.90 Å². The fourth-order valence-corrected chi connectivity index (χ4v) is 3.68. The fraction of sp³-hybridized carbons (Fsp3) is 0.222. The number of likely N-dealkylation sites (N-methyl/N-ethyl adjacent to an activating group) is 1. The molecule has 0 bridgehead atoms. The molecule has 0 aromatic carbocycles. The van der Waals surface area contributed by atoms with Crippen molar-refractivity contribution in [1.82, 2.24) is 19.9 Å². The summed E-state index contributed by atoms with van der Waals surface area (Å²) in [5.74, 6) is 1.47. The molecule has 7 nitrogen and oxygen atoms in total. The summed E-state index contributed by atoms with van der Waals surface area (Å²) >= 11 is 1.52. The van der Waals surface area contributed by atoms with Gasteiger partial charge < -0.3 is 10.1 Å². The van der Waals surface area contributed by atoms with Gasteiger partial charge in [-0.15, -0.1) is 11.3 Å². The molecular weight excluding hydrogens is 350 g/mol. The van der Waals surface area contributed by atoms with Crippen molar-refractivity contribution in [3.63, 3.8) is 0 Å². The van der Waals surface area contributed by atoms with Gasteiger partial charge in [0.15, 0.2) is 0 Å². The fourth-order valence-electron chi connectivity index (χ4n) is 2.67. The van der Waals surface area contributed by atoms with E-state index in [0.717, 1.165) is 27.0 Å². The Morgan fingerprint density at radius 3 is 2.92 bits per heavy atom. The van der Waals surface area contributed by atoms with Gasteiger partial charge in [0.1, 0.15) is 29.3 Å². The molecule has 4 rings (SSSR count). The van der Waals surface area contributed by atoms with Crippen LogP contribution in [-0.2, 0) is 4.74 Å². The summed E-state index contributed by atoms with van der Waals surface area (Å²) in [6.45, 7) is 2.35. The summed E-state index contributed by atoms with van der Waals surface area (Å²) in [6, 6.07) is 9.54. The number of amides is 1. The molecule has 26 heavy (non-hydrogen) atoms. The van der Waals surface area contributed by atoms with E-state index in [1.54, 1.807) is 24.3 Å². The van der Waals surface area contributed by atoms with Gasteiger partial charge in [-0.1, -0.05) is 6.07 Å². The number of hydrogen-bond acceptors (Lipinski definition) is 7. The first-order valence-electron chi connectivity index (χ1n) is 8.12. The maximum absolute atomic E-state index is 11.5. The minimum Gasteiger partial charge on any atom is -0.447 e. The first-order valence-corrected chi connectivity index (χ1v) is 8.94. The number of thiazole rings is 1. The lowest BCUT2D eigenvalue weighted by molar-refractivity contribution is 0.163. The Kier molecular flexibility index (Phi) is 4.26. The smallest absolute Gasteiger partial charge is 0.410 e. The number of pyridine rings is 2. The van der Waals surface area contributed by atoms with Crippen LogP contribution in [0.4, 0.5) is 16.4 Å². The van der Waals surface area contributed by atoms with Crippen LogP contribution in [0.25, 0.3) is 10.6 Å². The van der Waals surface area contributed by atoms with Gasteiger partial charge in [-0.05, 0) is 36.8 Å². The normalized spacial score (nSPS) is 16.6. The van der Waals surface area contributed by atoms with Gasteiger partial charge in [0, 0.05) is 19.4 Å². The van der Waals surface area contributed by atoms with Crippen LogP contribution >= 0.6 is 11.3 Å². The topological polar surface area (TPSA) is 80.2 Å². The highest BCUT2D eigenvalue weighted by Crippen LogP contribution is 2.33. The van der Waals surface area contributed by atoms with E-state index in [2.05, 4.69) is 20.3 Å². The molecule has 3 aromatic heterocycles. The first-order chi connectivity index (χ1) is 12.6. The Morgan fingerprint density at radius 1 is 1.27 bits per heavy atom. The number of hydrogen-bond donors (Lipinski definition) is 1. The van der Waals surface area contributed by atoms with Gasteiger partial charge in [-0.25, -0.2) is 19.7 Å². The lowest BCUT2D eigenvalue weighted by Gasteiger charge is -2.12. The highest BCUT2D eigenvalue weighted by atomic mass is 32.1. The van der Waals surface area contributed by atoms with Crippen LogP contribution in [0.5, 0.6) is 0 Å². The number of rotatable bonds is 4. The molecule has 0 spiro atoms. The van der Waals surface area contributed by atoms with E-state index in [4.69, 9.17) is 4.74 Å². The summed E-state index contributed by atoms with van der Waals surface area (Å²) in [5, 5.41) is 4.06. The molecule has 1 unspecified atom stereocenters. The summed E-state index contributed by atoms with van der Waals surface area (Å²) < 4.78 is 5.06. The second kappa shape index (κ2) is 6.72. The largest absolute Gasteiger partial charge is 0.447 e. The molecule has 1 amide bonds. The molecule has 0 radical (unpaired) electrons. The quantitative estimate of drug-likeness (QED) is 0.756. The Balaban J connectivity index is 1.56. The zero-order valence-corrected chi connectivity index (χ0v) is 15.2. The van der Waals surface area contributed by atoms with E-state index in [9.17, 15) is 4.79 Å². The van der Waals surface area contributed by atoms with E-state index >= 15 is 0 Å². The molecule has 0 saturated carbocycles. The SMILES string of the molecule is Cc1ccnc(Nc2cccc(-c3cnc(C4COC(=O)N4C)s3)n2)c1. The van der Waals surface area contributed by atoms with Crippen LogP contribution in [-0.4, -0.2) is 39.6 Å². The zero-order chi connectivity index (χ0) is 18.1. The lowest BCUT2D eigenvalue weighted by Crippen LogP contribution is -2.22. The molecule has 3 aromatic rings. The molecule has 1 aliphatic rings. The number of cyclic esters (lactones) is 1. The minimum absolute atomic E-state index is 0.140. The second-order valence-electron chi connectivity index (χ2n) is 6.02. The maximum atomic E-state index is 11.5. The summed E-state index contributed by atoms with van der Waals surface area (Å²) in [5.41, 5.74) is 1.95. The van der Waals surface area contributed by atoms with E-state index in [1.807, 2.05) is 37.3 Å². The number of nitrogens with zero attached hydrogens (tertiary/aromatic N) is 4. The van der Waals surface area contributed by atoms with Crippen molar-refractivity contribution in [3.8, 4) is 10.6 Å². The van der Waals surface area contributed by atoms with E-state index in [-0.39, 0.29) is 12.1 Å². The van der Waals surface area contributed by atoms with Crippen molar-refractivity contribution in [2.75, 3.05) is 19.0 Å². The van der Waals surface area contributed by atoms with Crippen LogP contribution in [0.3, 0.4) is 0 Å². The Morgan fingerprint density at radius 2 is 2.15 bits per heavy atom. The summed E-state index contributed by atoms with van der Waals surface area (Å²) in [4.78, 5) is 27.4. The molecule has 0 aliphatic carbocycles. The van der Waals surface area contributed by atoms with Gasteiger partial charge in [0.05, 0.1) is 10.6 Å². The monoisotopic (exact) mass is 367 g/mol. The van der Waals surface area contributed by atoms with Gasteiger partial charge >= 0.3 is 6.09 Å². The zero-order valence-electron chi connectivity index (χ0n) is 14.3. The number of nitrogens with one attached hydrogen (secondary N) is 1. The first kappa shape index (κ1) is 16.5. The summed E-state index contributed by atoms with van der Waals surface area (Å²) in [6.07, 6.45) is 3.23. The Bertz CT molecular complexity index is 958.